The predicted molar refractivity (Wildman–Crippen MR) is 182 cm³/mol. The molecule has 0 aromatic heterocycles. The smallest absolute Gasteiger partial charge is 0.333 e. The molecule has 12 nitrogen and oxygen atoms in total. The first-order valence-corrected chi connectivity index (χ1v) is 16.7. The Balaban J connectivity index is 1.85. The van der Waals surface area contributed by atoms with Gasteiger partial charge in [-0.25, -0.2) is 9.59 Å². The summed E-state index contributed by atoms with van der Waals surface area (Å²) in [6.07, 6.45) is -5.97. The number of hydrogen-bond donors (Lipinski definition) is 0. The normalized spacial score (nSPS) is 20.2. The molecule has 0 amide bonds. The molecule has 0 spiro atoms. The van der Waals surface area contributed by atoms with E-state index in [1.54, 1.807) is 20.8 Å². The predicted octanol–water partition coefficient (Wildman–Crippen LogP) is 4.96. The van der Waals surface area contributed by atoms with Crippen molar-refractivity contribution >= 4 is 29.8 Å². The molecule has 0 aliphatic carbocycles. The first-order valence-electron chi connectivity index (χ1n) is 16.7. The van der Waals surface area contributed by atoms with E-state index in [1.165, 1.54) is 0 Å². The highest BCUT2D eigenvalue weighted by Gasteiger charge is 2.54. The lowest BCUT2D eigenvalue weighted by Crippen LogP contribution is -2.63. The van der Waals surface area contributed by atoms with Crippen LogP contribution in [0.1, 0.15) is 56.7 Å². The minimum atomic E-state index is -1.70. The molecule has 0 unspecified atom stereocenters. The largest absolute Gasteiger partial charge is 0.466 e. The van der Waals surface area contributed by atoms with Crippen molar-refractivity contribution in [2.45, 2.75) is 76.3 Å². The third-order valence-electron chi connectivity index (χ3n) is 8.05. The first kappa shape index (κ1) is 38.5. The highest BCUT2D eigenvalue weighted by Crippen LogP contribution is 2.41. The quantitative estimate of drug-likeness (QED) is 0.0912. The molecular formula is C39H42O12. The Morgan fingerprint density at radius 1 is 0.588 bits per heavy atom. The van der Waals surface area contributed by atoms with Gasteiger partial charge < -0.3 is 33.2 Å². The van der Waals surface area contributed by atoms with Gasteiger partial charge in [0.2, 0.25) is 12.4 Å². The second kappa shape index (κ2) is 18.6. The summed E-state index contributed by atoms with van der Waals surface area (Å²) < 4.78 is 40.6. The van der Waals surface area contributed by atoms with Crippen LogP contribution in [-0.2, 0) is 62.7 Å². The molecule has 1 aliphatic rings. The van der Waals surface area contributed by atoms with E-state index in [2.05, 4.69) is 4.74 Å². The fourth-order valence-corrected chi connectivity index (χ4v) is 5.55. The van der Waals surface area contributed by atoms with Crippen LogP contribution >= 0.6 is 0 Å². The van der Waals surface area contributed by atoms with Gasteiger partial charge in [-0.1, -0.05) is 112 Å². The molecule has 0 radical (unpaired) electrons. The van der Waals surface area contributed by atoms with Gasteiger partial charge in [-0.3, -0.25) is 14.4 Å². The zero-order chi connectivity index (χ0) is 36.8. The maximum Gasteiger partial charge on any atom is 0.333 e. The van der Waals surface area contributed by atoms with Gasteiger partial charge in [0.25, 0.3) is 0 Å². The first-order chi connectivity index (χ1) is 24.7. The summed E-state index contributed by atoms with van der Waals surface area (Å²) in [4.78, 5) is 63.1. The minimum Gasteiger partial charge on any atom is -0.466 e. The maximum absolute atomic E-state index is 12.9. The zero-order valence-electron chi connectivity index (χ0n) is 28.9. The standard InChI is InChI=1S/C39H42O12/c1-5-30(40)48-35-29(25-46-39(26-17-11-8-12-18-26,27-19-13-9-14-20-27)28-21-15-10-16-22-28)47-38(51-34(44)24-23-33(43)45-4)37(50-32(42)7-3)36(35)49-31(41)6-2/h8-24,29,35-38H,5-7,25H2,1-4H3/b24-23+/t29-,35+,36+,37-,38+/m1/s1. The number of methoxy groups -OCH3 is 1. The van der Waals surface area contributed by atoms with E-state index in [-0.39, 0.29) is 25.9 Å². The number of hydrogen-bond acceptors (Lipinski definition) is 12. The maximum atomic E-state index is 12.9. The lowest BCUT2D eigenvalue weighted by Gasteiger charge is -2.45. The van der Waals surface area contributed by atoms with Crippen molar-refractivity contribution in [3.05, 3.63) is 120 Å². The number of carbonyl (C=O) groups is 5. The van der Waals surface area contributed by atoms with Crippen molar-refractivity contribution in [3.63, 3.8) is 0 Å². The van der Waals surface area contributed by atoms with Crippen molar-refractivity contribution in [1.29, 1.82) is 0 Å². The van der Waals surface area contributed by atoms with Gasteiger partial charge >= 0.3 is 29.8 Å². The number of esters is 5. The van der Waals surface area contributed by atoms with E-state index in [4.69, 9.17) is 28.4 Å². The average molecular weight is 703 g/mol. The summed E-state index contributed by atoms with van der Waals surface area (Å²) in [5.41, 5.74) is 1.04. The van der Waals surface area contributed by atoms with Crippen LogP contribution in [0.3, 0.4) is 0 Å². The molecule has 3 aromatic carbocycles. The van der Waals surface area contributed by atoms with Gasteiger partial charge in [-0.05, 0) is 16.7 Å². The van der Waals surface area contributed by atoms with Gasteiger partial charge in [0.1, 0.15) is 11.7 Å². The third kappa shape index (κ3) is 9.68. The highest BCUT2D eigenvalue weighted by atomic mass is 16.7. The lowest BCUT2D eigenvalue weighted by atomic mass is 9.80. The zero-order valence-corrected chi connectivity index (χ0v) is 28.9. The van der Waals surface area contributed by atoms with Crippen LogP contribution in [0, 0.1) is 0 Å². The highest BCUT2D eigenvalue weighted by molar-refractivity contribution is 5.91. The second-order valence-corrected chi connectivity index (χ2v) is 11.4. The Bertz CT molecular complexity index is 1540. The molecule has 0 N–H and O–H groups in total. The van der Waals surface area contributed by atoms with E-state index < -0.39 is 66.2 Å². The van der Waals surface area contributed by atoms with Gasteiger partial charge in [0, 0.05) is 31.4 Å². The molecule has 51 heavy (non-hydrogen) atoms. The van der Waals surface area contributed by atoms with Gasteiger partial charge in [0.05, 0.1) is 13.7 Å². The topological polar surface area (TPSA) is 150 Å². The van der Waals surface area contributed by atoms with Gasteiger partial charge in [0.15, 0.2) is 12.2 Å². The lowest BCUT2D eigenvalue weighted by molar-refractivity contribution is -0.303. The molecule has 1 fully saturated rings. The van der Waals surface area contributed by atoms with E-state index in [1.807, 2.05) is 91.0 Å². The fourth-order valence-electron chi connectivity index (χ4n) is 5.55. The van der Waals surface area contributed by atoms with Crippen molar-refractivity contribution in [1.82, 2.24) is 0 Å². The molecule has 5 atom stereocenters. The molecular weight excluding hydrogens is 660 g/mol. The molecule has 0 saturated carbocycles. The number of ether oxygens (including phenoxy) is 7. The van der Waals surface area contributed by atoms with E-state index in [0.717, 1.165) is 36.0 Å². The van der Waals surface area contributed by atoms with Crippen LogP contribution in [0.25, 0.3) is 0 Å². The van der Waals surface area contributed by atoms with E-state index in [9.17, 15) is 24.0 Å². The number of rotatable bonds is 15. The summed E-state index contributed by atoms with van der Waals surface area (Å²) in [5, 5.41) is 0. The van der Waals surface area contributed by atoms with Crippen LogP contribution in [-0.4, -0.2) is 74.3 Å². The van der Waals surface area contributed by atoms with Crippen molar-refractivity contribution in [3.8, 4) is 0 Å². The summed E-state index contributed by atoms with van der Waals surface area (Å²) in [6.45, 7) is 4.37. The molecule has 4 rings (SSSR count). The van der Waals surface area contributed by atoms with Crippen LogP contribution in [0.5, 0.6) is 0 Å². The van der Waals surface area contributed by atoms with Gasteiger partial charge in [-0.2, -0.15) is 0 Å². The number of carbonyl (C=O) groups excluding carboxylic acids is 5. The van der Waals surface area contributed by atoms with Gasteiger partial charge in [-0.15, -0.1) is 0 Å². The summed E-state index contributed by atoms with van der Waals surface area (Å²) in [7, 11) is 1.14. The minimum absolute atomic E-state index is 0.0450. The molecule has 1 aliphatic heterocycles. The van der Waals surface area contributed by atoms with Crippen molar-refractivity contribution in [2.75, 3.05) is 13.7 Å². The fraction of sp³-hybridized carbons (Fsp3) is 0.359. The molecule has 12 heteroatoms. The Morgan fingerprint density at radius 2 is 1.00 bits per heavy atom. The van der Waals surface area contributed by atoms with Crippen LogP contribution in [0.4, 0.5) is 0 Å². The Morgan fingerprint density at radius 3 is 1.43 bits per heavy atom. The summed E-state index contributed by atoms with van der Waals surface area (Å²) >= 11 is 0. The molecule has 0 bridgehead atoms. The van der Waals surface area contributed by atoms with Crippen LogP contribution in [0.15, 0.2) is 103 Å². The Hall–Kier alpha value is -5.33. The molecule has 3 aromatic rings. The van der Waals surface area contributed by atoms with Crippen LogP contribution in [0.2, 0.25) is 0 Å². The molecule has 1 heterocycles. The SMILES string of the molecule is CCC(=O)O[C@H]1[C@@H](OC(=O)CC)[C@@H](COC(c2ccccc2)(c2ccccc2)c2ccccc2)O[C@@H](OC(=O)/C=C/C(=O)OC)[C@@H]1OC(=O)CC. The monoisotopic (exact) mass is 702 g/mol. The van der Waals surface area contributed by atoms with E-state index >= 15 is 0 Å². The van der Waals surface area contributed by atoms with Crippen LogP contribution < -0.4 is 0 Å². The Labute approximate surface area is 296 Å². The summed E-state index contributed by atoms with van der Waals surface area (Å²) in [6, 6.07) is 28.4. The number of benzene rings is 3. The van der Waals surface area contributed by atoms with Crippen molar-refractivity contribution in [2.24, 2.45) is 0 Å². The Kier molecular flexibility index (Phi) is 14.0. The summed E-state index contributed by atoms with van der Waals surface area (Å²) in [5.74, 6) is -3.99. The third-order valence-corrected chi connectivity index (χ3v) is 8.05. The van der Waals surface area contributed by atoms with Crippen molar-refractivity contribution < 1.29 is 57.1 Å². The second-order valence-electron chi connectivity index (χ2n) is 11.4. The average Bonchev–Trinajstić information content (AvgIpc) is 3.17. The molecule has 1 saturated heterocycles. The van der Waals surface area contributed by atoms with E-state index in [0.29, 0.717) is 0 Å². The molecule has 270 valence electrons.